The van der Waals surface area contributed by atoms with Crippen LogP contribution in [0.15, 0.2) is 18.2 Å². The van der Waals surface area contributed by atoms with E-state index in [0.29, 0.717) is 23.3 Å². The summed E-state index contributed by atoms with van der Waals surface area (Å²) in [6.45, 7) is 5.45. The van der Waals surface area contributed by atoms with Gasteiger partial charge in [0.2, 0.25) is 6.79 Å². The first-order valence-electron chi connectivity index (χ1n) is 6.87. The van der Waals surface area contributed by atoms with Crippen molar-refractivity contribution >= 4 is 5.91 Å². The molecule has 4 heteroatoms. The van der Waals surface area contributed by atoms with Gasteiger partial charge in [0.25, 0.3) is 5.91 Å². The molecule has 2 aliphatic heterocycles. The lowest BCUT2D eigenvalue weighted by Gasteiger charge is -2.27. The highest BCUT2D eigenvalue weighted by Crippen LogP contribution is 2.34. The van der Waals surface area contributed by atoms with Gasteiger partial charge in [-0.05, 0) is 37.0 Å². The molecule has 0 aliphatic carbocycles. The normalized spacial score (nSPS) is 21.2. The summed E-state index contributed by atoms with van der Waals surface area (Å²) >= 11 is 0. The van der Waals surface area contributed by atoms with E-state index in [1.54, 1.807) is 6.07 Å². The van der Waals surface area contributed by atoms with Gasteiger partial charge in [-0.3, -0.25) is 4.79 Å². The molecule has 0 spiro atoms. The molecule has 3 rings (SSSR count). The van der Waals surface area contributed by atoms with Crippen molar-refractivity contribution in [3.05, 3.63) is 23.8 Å². The number of fused-ring (bicyclic) bond motifs is 1. The maximum atomic E-state index is 12.6. The summed E-state index contributed by atoms with van der Waals surface area (Å²) in [5.41, 5.74) is 0.691. The summed E-state index contributed by atoms with van der Waals surface area (Å²) in [6.07, 6.45) is 2.20. The van der Waals surface area contributed by atoms with Crippen LogP contribution in [0.1, 0.15) is 37.0 Å². The molecule has 1 aromatic rings. The van der Waals surface area contributed by atoms with Gasteiger partial charge in [-0.15, -0.1) is 0 Å². The Hall–Kier alpha value is -1.71. The topological polar surface area (TPSA) is 38.8 Å². The van der Waals surface area contributed by atoms with Crippen LogP contribution in [0.2, 0.25) is 0 Å². The first-order chi connectivity index (χ1) is 9.16. The van der Waals surface area contributed by atoms with Crippen molar-refractivity contribution in [2.45, 2.75) is 32.7 Å². The zero-order chi connectivity index (χ0) is 13.4. The Morgan fingerprint density at radius 1 is 1.32 bits per heavy atom. The highest BCUT2D eigenvalue weighted by atomic mass is 16.7. The van der Waals surface area contributed by atoms with E-state index < -0.39 is 0 Å². The molecule has 0 aromatic heterocycles. The van der Waals surface area contributed by atoms with Crippen LogP contribution in [0.4, 0.5) is 0 Å². The van der Waals surface area contributed by atoms with Crippen molar-refractivity contribution in [2.24, 2.45) is 5.92 Å². The molecule has 1 amide bonds. The summed E-state index contributed by atoms with van der Waals surface area (Å²) in [5.74, 6) is 2.00. The average Bonchev–Trinajstić information content (AvgIpc) is 3.05. The molecule has 0 radical (unpaired) electrons. The van der Waals surface area contributed by atoms with Gasteiger partial charge in [0, 0.05) is 18.2 Å². The number of hydrogen-bond acceptors (Lipinski definition) is 3. The number of rotatable bonds is 2. The van der Waals surface area contributed by atoms with Crippen molar-refractivity contribution in [2.75, 3.05) is 13.3 Å². The highest BCUT2D eigenvalue weighted by Gasteiger charge is 2.31. The molecule has 1 unspecified atom stereocenters. The largest absolute Gasteiger partial charge is 0.454 e. The molecule has 0 bridgehead atoms. The lowest BCUT2D eigenvalue weighted by atomic mass is 10.0. The maximum Gasteiger partial charge on any atom is 0.254 e. The van der Waals surface area contributed by atoms with E-state index in [-0.39, 0.29) is 12.7 Å². The standard InChI is InChI=1S/C15H19NO3/c1-10(2)12-4-3-7-16(12)15(17)11-5-6-13-14(8-11)19-9-18-13/h5-6,8,10,12H,3-4,7,9H2,1-2H3. The molecule has 102 valence electrons. The minimum Gasteiger partial charge on any atom is -0.454 e. The van der Waals surface area contributed by atoms with E-state index in [1.807, 2.05) is 17.0 Å². The zero-order valence-electron chi connectivity index (χ0n) is 11.4. The Morgan fingerprint density at radius 2 is 2.11 bits per heavy atom. The van der Waals surface area contributed by atoms with Crippen LogP contribution in [0, 0.1) is 5.92 Å². The van der Waals surface area contributed by atoms with Crippen LogP contribution < -0.4 is 9.47 Å². The first-order valence-corrected chi connectivity index (χ1v) is 6.87. The number of ether oxygens (including phenoxy) is 2. The molecule has 0 N–H and O–H groups in total. The van der Waals surface area contributed by atoms with Crippen LogP contribution in [0.3, 0.4) is 0 Å². The SMILES string of the molecule is CC(C)C1CCCN1C(=O)c1ccc2c(c1)OCO2. The predicted octanol–water partition coefficient (Wildman–Crippen LogP) is 2.68. The van der Waals surface area contributed by atoms with Crippen molar-refractivity contribution < 1.29 is 14.3 Å². The lowest BCUT2D eigenvalue weighted by Crippen LogP contribution is -2.38. The number of hydrogen-bond donors (Lipinski definition) is 0. The monoisotopic (exact) mass is 261 g/mol. The summed E-state index contributed by atoms with van der Waals surface area (Å²) in [7, 11) is 0. The minimum absolute atomic E-state index is 0.106. The lowest BCUT2D eigenvalue weighted by molar-refractivity contribution is 0.0701. The van der Waals surface area contributed by atoms with Crippen LogP contribution in [-0.4, -0.2) is 30.2 Å². The number of amides is 1. The summed E-state index contributed by atoms with van der Waals surface area (Å²) in [5, 5.41) is 0. The summed E-state index contributed by atoms with van der Waals surface area (Å²) in [4.78, 5) is 14.6. The second kappa shape index (κ2) is 4.76. The van der Waals surface area contributed by atoms with E-state index in [0.717, 1.165) is 25.1 Å². The Labute approximate surface area is 113 Å². The predicted molar refractivity (Wildman–Crippen MR) is 71.5 cm³/mol. The third-order valence-electron chi connectivity index (χ3n) is 3.95. The van der Waals surface area contributed by atoms with Crippen LogP contribution >= 0.6 is 0 Å². The second-order valence-corrected chi connectivity index (χ2v) is 5.52. The second-order valence-electron chi connectivity index (χ2n) is 5.52. The van der Waals surface area contributed by atoms with Gasteiger partial charge in [0.15, 0.2) is 11.5 Å². The van der Waals surface area contributed by atoms with Gasteiger partial charge in [-0.2, -0.15) is 0 Å². The third-order valence-corrected chi connectivity index (χ3v) is 3.95. The highest BCUT2D eigenvalue weighted by molar-refractivity contribution is 5.95. The van der Waals surface area contributed by atoms with Crippen molar-refractivity contribution in [3.8, 4) is 11.5 Å². The molecule has 1 aromatic carbocycles. The number of nitrogens with zero attached hydrogens (tertiary/aromatic N) is 1. The fourth-order valence-electron chi connectivity index (χ4n) is 2.93. The quantitative estimate of drug-likeness (QED) is 0.821. The molecule has 2 aliphatic rings. The number of benzene rings is 1. The van der Waals surface area contributed by atoms with Gasteiger partial charge in [-0.25, -0.2) is 0 Å². The van der Waals surface area contributed by atoms with Crippen LogP contribution in [0.5, 0.6) is 11.5 Å². The molecule has 2 heterocycles. The number of likely N-dealkylation sites (tertiary alicyclic amines) is 1. The molecular formula is C15H19NO3. The molecule has 1 fully saturated rings. The fraction of sp³-hybridized carbons (Fsp3) is 0.533. The Balaban J connectivity index is 1.84. The molecular weight excluding hydrogens is 242 g/mol. The van der Waals surface area contributed by atoms with Gasteiger partial charge in [0.05, 0.1) is 0 Å². The molecule has 4 nitrogen and oxygen atoms in total. The minimum atomic E-state index is 0.106. The molecule has 1 atom stereocenters. The van der Waals surface area contributed by atoms with Crippen molar-refractivity contribution in [1.82, 2.24) is 4.90 Å². The van der Waals surface area contributed by atoms with Gasteiger partial charge < -0.3 is 14.4 Å². The smallest absolute Gasteiger partial charge is 0.254 e. The van der Waals surface area contributed by atoms with E-state index >= 15 is 0 Å². The fourth-order valence-corrected chi connectivity index (χ4v) is 2.93. The summed E-state index contributed by atoms with van der Waals surface area (Å²) < 4.78 is 10.6. The zero-order valence-corrected chi connectivity index (χ0v) is 11.4. The van der Waals surface area contributed by atoms with E-state index in [1.165, 1.54) is 0 Å². The van der Waals surface area contributed by atoms with Crippen molar-refractivity contribution in [1.29, 1.82) is 0 Å². The van der Waals surface area contributed by atoms with E-state index in [4.69, 9.17) is 9.47 Å². The van der Waals surface area contributed by atoms with Crippen molar-refractivity contribution in [3.63, 3.8) is 0 Å². The van der Waals surface area contributed by atoms with Crippen LogP contribution in [-0.2, 0) is 0 Å². The van der Waals surface area contributed by atoms with E-state index in [2.05, 4.69) is 13.8 Å². The number of carbonyl (C=O) groups excluding carboxylic acids is 1. The summed E-state index contributed by atoms with van der Waals surface area (Å²) in [6, 6.07) is 5.79. The molecule has 19 heavy (non-hydrogen) atoms. The third kappa shape index (κ3) is 2.15. The Kier molecular flexibility index (Phi) is 3.09. The molecule has 0 saturated carbocycles. The Morgan fingerprint density at radius 3 is 2.89 bits per heavy atom. The maximum absolute atomic E-state index is 12.6. The van der Waals surface area contributed by atoms with E-state index in [9.17, 15) is 4.79 Å². The van der Waals surface area contributed by atoms with Crippen LogP contribution in [0.25, 0.3) is 0 Å². The first kappa shape index (κ1) is 12.3. The van der Waals surface area contributed by atoms with Gasteiger partial charge in [0.1, 0.15) is 0 Å². The van der Waals surface area contributed by atoms with Gasteiger partial charge >= 0.3 is 0 Å². The average molecular weight is 261 g/mol. The van der Waals surface area contributed by atoms with Gasteiger partial charge in [-0.1, -0.05) is 13.8 Å². The molecule has 1 saturated heterocycles. The number of carbonyl (C=O) groups is 1. The Bertz CT molecular complexity index is 498.